The summed E-state index contributed by atoms with van der Waals surface area (Å²) in [4.78, 5) is 232. The first-order valence-corrected chi connectivity index (χ1v) is 40.9. The predicted molar refractivity (Wildman–Crippen MR) is 444 cm³/mol. The molecule has 8 unspecified atom stereocenters. The van der Waals surface area contributed by atoms with Crippen LogP contribution in [-0.2, 0) is 151 Å². The average molecular weight is 1740 g/mol. The maximum atomic E-state index is 13.9. The van der Waals surface area contributed by atoms with E-state index in [1.165, 1.54) is 27.7 Å². The Balaban J connectivity index is 1.10. The van der Waals surface area contributed by atoms with Crippen molar-refractivity contribution in [1.82, 2.24) is 53.2 Å². The van der Waals surface area contributed by atoms with Gasteiger partial charge in [-0.1, -0.05) is 121 Å². The molecular weight excluding hydrogens is 1620 g/mol. The molecule has 0 saturated carbocycles. The summed E-state index contributed by atoms with van der Waals surface area (Å²) < 4.78 is 43.3. The fraction of sp³-hybridized carbons (Fsp3) is 0.512. The number of benzene rings is 4. The maximum Gasteiger partial charge on any atom is 0.328 e. The molecule has 4 rings (SSSR count). The van der Waals surface area contributed by atoms with Gasteiger partial charge in [-0.2, -0.15) is 0 Å². The molecule has 38 heteroatoms. The van der Waals surface area contributed by atoms with Crippen LogP contribution in [0.1, 0.15) is 153 Å². The summed E-state index contributed by atoms with van der Waals surface area (Å²) in [7, 11) is 0. The van der Waals surface area contributed by atoms with Gasteiger partial charge >= 0.3 is 23.9 Å². The van der Waals surface area contributed by atoms with Crippen LogP contribution in [0.5, 0.6) is 0 Å². The number of carbonyl (C=O) groups is 18. The lowest BCUT2D eigenvalue weighted by Gasteiger charge is -2.23. The first-order valence-electron chi connectivity index (χ1n) is 40.9. The molecule has 0 radical (unpaired) electrons. The number of esters is 4. The number of nitrogens with two attached hydrogens (primary N) is 2. The maximum absolute atomic E-state index is 13.9. The standard InChI is InChI=1S/C86H118N12O26/c1-57(99)25-29-71(85(115)123-53-63-21-13-7-14-22-63)96-76(106)38-32-69(83(113)97-68(60(4)102)34-40-80(110)122-52-62-19-11-6-12-20-62)94-77(107)55-119-49-47-117-45-43-91-81(111)65(87)27-35-73(103)89-41-42-90-74(104)36-28-66(88)82(112)92-44-46-118-48-50-120-56-78(108)95-70(84(114)98-72(30-26-58(2)100)86(116)124-54-64-23-15-8-16-24-64)31-37-75(105)93-67(59(3)101)33-39-79(109)121-51-61-17-9-5-10-18-61/h5-24,65-72H,25-56,87-88H2,1-4H3,(H,89,103)(H,90,104)(H,91,111)(H,92,112)(H,93,105)(H,94,107)(H,95,108)(H,96,106)(H,97,113)(H,98,114). The Hall–Kier alpha value is -12.1. The molecule has 0 spiro atoms. The second kappa shape index (κ2) is 61.2. The summed E-state index contributed by atoms with van der Waals surface area (Å²) >= 11 is 0. The van der Waals surface area contributed by atoms with Gasteiger partial charge in [0, 0.05) is 77.5 Å². The Bertz CT molecular complexity index is 4070. The average Bonchev–Trinajstić information content (AvgIpc) is 0.874. The lowest BCUT2D eigenvalue weighted by Crippen LogP contribution is -2.53. The lowest BCUT2D eigenvalue weighted by molar-refractivity contribution is -0.150. The van der Waals surface area contributed by atoms with E-state index in [9.17, 15) is 86.3 Å². The zero-order valence-corrected chi connectivity index (χ0v) is 70.6. The van der Waals surface area contributed by atoms with Gasteiger partial charge in [0.15, 0.2) is 11.6 Å². The summed E-state index contributed by atoms with van der Waals surface area (Å²) in [5.74, 6) is -11.2. The van der Waals surface area contributed by atoms with Crippen molar-refractivity contribution in [3.05, 3.63) is 144 Å². The number of ketones is 4. The van der Waals surface area contributed by atoms with Gasteiger partial charge < -0.3 is 112 Å². The molecule has 10 amide bonds. The van der Waals surface area contributed by atoms with E-state index in [0.717, 1.165) is 11.1 Å². The van der Waals surface area contributed by atoms with Crippen LogP contribution in [0, 0.1) is 0 Å². The minimum absolute atomic E-state index is 0.00915. The predicted octanol–water partition coefficient (Wildman–Crippen LogP) is 0.652. The molecule has 0 heterocycles. The molecule has 0 aliphatic heterocycles. The summed E-state index contributed by atoms with van der Waals surface area (Å²) in [5, 5.41) is 25.6. The molecule has 14 N–H and O–H groups in total. The van der Waals surface area contributed by atoms with Crippen LogP contribution in [0.2, 0.25) is 0 Å². The molecule has 124 heavy (non-hydrogen) atoms. The highest BCUT2D eigenvalue weighted by Gasteiger charge is 2.32. The Morgan fingerprint density at radius 2 is 0.565 bits per heavy atom. The zero-order valence-electron chi connectivity index (χ0n) is 70.6. The van der Waals surface area contributed by atoms with E-state index in [2.05, 4.69) is 53.2 Å². The van der Waals surface area contributed by atoms with E-state index in [0.29, 0.717) is 11.1 Å². The number of hydrogen-bond donors (Lipinski definition) is 12. The van der Waals surface area contributed by atoms with Crippen molar-refractivity contribution in [2.45, 2.75) is 205 Å². The van der Waals surface area contributed by atoms with Gasteiger partial charge in [-0.05, 0) is 101 Å². The monoisotopic (exact) mass is 1730 g/mol. The van der Waals surface area contributed by atoms with Crippen LogP contribution in [0.4, 0.5) is 0 Å². The molecule has 0 aliphatic carbocycles. The number of carbonyl (C=O) groups excluding carboxylic acids is 18. The first-order chi connectivity index (χ1) is 59.4. The van der Waals surface area contributed by atoms with E-state index in [-0.39, 0.29) is 194 Å². The minimum atomic E-state index is -1.46. The van der Waals surface area contributed by atoms with Gasteiger partial charge in [-0.3, -0.25) is 67.1 Å². The summed E-state index contributed by atoms with van der Waals surface area (Å²) in [5.41, 5.74) is 14.9. The van der Waals surface area contributed by atoms with E-state index in [1.807, 2.05) is 6.07 Å². The largest absolute Gasteiger partial charge is 0.461 e. The van der Waals surface area contributed by atoms with E-state index < -0.39 is 169 Å². The highest BCUT2D eigenvalue weighted by atomic mass is 16.6. The van der Waals surface area contributed by atoms with Crippen molar-refractivity contribution >= 4 is 106 Å². The molecule has 0 fully saturated rings. The summed E-state index contributed by atoms with van der Waals surface area (Å²) in [6.07, 6.45) is -2.92. The van der Waals surface area contributed by atoms with E-state index in [1.54, 1.807) is 115 Å². The normalized spacial score (nSPS) is 12.8. The van der Waals surface area contributed by atoms with Crippen molar-refractivity contribution in [3.63, 3.8) is 0 Å². The molecule has 0 saturated heterocycles. The fourth-order valence-electron chi connectivity index (χ4n) is 11.3. The summed E-state index contributed by atoms with van der Waals surface area (Å²) in [6.45, 7) is 3.33. The smallest absolute Gasteiger partial charge is 0.328 e. The Morgan fingerprint density at radius 1 is 0.274 bits per heavy atom. The molecular formula is C86H118N12O26. The molecule has 8 atom stereocenters. The van der Waals surface area contributed by atoms with Crippen molar-refractivity contribution in [2.75, 3.05) is 79.0 Å². The highest BCUT2D eigenvalue weighted by Crippen LogP contribution is 2.14. The van der Waals surface area contributed by atoms with Gasteiger partial charge in [0.25, 0.3) is 0 Å². The van der Waals surface area contributed by atoms with Crippen molar-refractivity contribution < 1.29 is 124 Å². The SMILES string of the molecule is CC(=O)CCC(NC(=O)CCC(NC(=O)COCCOCCNC(=O)C(N)CCC(=O)NCCNC(=O)CCC(N)C(=O)NCCOCCOCC(=O)NC(CCC(=O)NC(CCC(=O)OCc1ccccc1)C(C)=O)C(=O)NC(CCC(C)=O)C(=O)OCc1ccccc1)C(=O)NC(CCC(=O)OCc1ccccc1)C(C)=O)C(=O)OCc1ccccc1. The second-order valence-electron chi connectivity index (χ2n) is 28.8. The van der Waals surface area contributed by atoms with Gasteiger partial charge in [-0.15, -0.1) is 0 Å². The van der Waals surface area contributed by atoms with Crippen LogP contribution in [0.3, 0.4) is 0 Å². The fourth-order valence-corrected chi connectivity index (χ4v) is 11.3. The zero-order chi connectivity index (χ0) is 90.8. The summed E-state index contributed by atoms with van der Waals surface area (Å²) in [6, 6.07) is 25.4. The number of ether oxygens (including phenoxy) is 8. The highest BCUT2D eigenvalue weighted by molar-refractivity contribution is 5.95. The first kappa shape index (κ1) is 104. The van der Waals surface area contributed by atoms with Gasteiger partial charge in [0.2, 0.25) is 59.1 Å². The number of Topliss-reactive ketones (excluding diaryl/α,β-unsaturated/α-hetero) is 4. The third-order valence-electron chi connectivity index (χ3n) is 18.4. The van der Waals surface area contributed by atoms with Crippen LogP contribution < -0.4 is 64.6 Å². The topological polar surface area (TPSA) is 553 Å². The molecule has 38 nitrogen and oxygen atoms in total. The van der Waals surface area contributed by atoms with Gasteiger partial charge in [-0.25, -0.2) is 9.59 Å². The van der Waals surface area contributed by atoms with Crippen LogP contribution in [0.15, 0.2) is 121 Å². The Labute approximate surface area is 719 Å². The van der Waals surface area contributed by atoms with Crippen molar-refractivity contribution in [3.8, 4) is 0 Å². The number of nitrogens with one attached hydrogen (secondary N) is 10. The number of hydrogen-bond acceptors (Lipinski definition) is 28. The van der Waals surface area contributed by atoms with Crippen LogP contribution >= 0.6 is 0 Å². The van der Waals surface area contributed by atoms with Gasteiger partial charge in [0.05, 0.1) is 63.8 Å². The second-order valence-corrected chi connectivity index (χ2v) is 28.8. The number of amides is 10. The minimum Gasteiger partial charge on any atom is -0.461 e. The van der Waals surface area contributed by atoms with E-state index >= 15 is 0 Å². The quantitative estimate of drug-likeness (QED) is 0.0164. The molecule has 0 bridgehead atoms. The Morgan fingerprint density at radius 3 is 0.919 bits per heavy atom. The third-order valence-corrected chi connectivity index (χ3v) is 18.4. The molecule has 0 aromatic heterocycles. The van der Waals surface area contributed by atoms with Crippen LogP contribution in [-0.4, -0.2) is 233 Å². The van der Waals surface area contributed by atoms with Crippen molar-refractivity contribution in [1.29, 1.82) is 0 Å². The van der Waals surface area contributed by atoms with E-state index in [4.69, 9.17) is 49.4 Å². The molecule has 678 valence electrons. The molecule has 4 aromatic rings. The van der Waals surface area contributed by atoms with Crippen LogP contribution in [0.25, 0.3) is 0 Å². The molecule has 4 aromatic carbocycles. The number of rotatable bonds is 65. The third kappa shape index (κ3) is 47.9. The lowest BCUT2D eigenvalue weighted by atomic mass is 10.0. The Kier molecular flexibility index (Phi) is 51.5. The van der Waals surface area contributed by atoms with Crippen molar-refractivity contribution in [2.24, 2.45) is 11.5 Å². The van der Waals surface area contributed by atoms with Gasteiger partial charge in [0.1, 0.15) is 75.4 Å². The molecule has 0 aliphatic rings.